The van der Waals surface area contributed by atoms with Gasteiger partial charge in [-0.25, -0.2) is 4.39 Å². The Morgan fingerprint density at radius 1 is 0.818 bits per heavy atom. The van der Waals surface area contributed by atoms with Crippen LogP contribution in [0.4, 0.5) is 4.39 Å². The second kappa shape index (κ2) is 11.7. The van der Waals surface area contributed by atoms with Gasteiger partial charge in [-0.15, -0.1) is 0 Å². The molecule has 0 radical (unpaired) electrons. The van der Waals surface area contributed by atoms with Crippen molar-refractivity contribution in [2.45, 2.75) is 18.9 Å². The van der Waals surface area contributed by atoms with Gasteiger partial charge in [-0.2, -0.15) is 0 Å². The first-order valence-electron chi connectivity index (χ1n) is 10.5. The summed E-state index contributed by atoms with van der Waals surface area (Å²) in [4.78, 5) is 24.6. The molecule has 172 valence electrons. The minimum absolute atomic E-state index is 0.0965. The van der Waals surface area contributed by atoms with Crippen molar-refractivity contribution in [3.05, 3.63) is 95.3 Å². The Hall–Kier alpha value is -3.87. The van der Waals surface area contributed by atoms with Crippen LogP contribution >= 0.6 is 0 Å². The zero-order valence-corrected chi connectivity index (χ0v) is 18.5. The van der Waals surface area contributed by atoms with Crippen LogP contribution in [0, 0.1) is 5.82 Å². The lowest BCUT2D eigenvalue weighted by Crippen LogP contribution is -2.33. The highest BCUT2D eigenvalue weighted by atomic mass is 19.1. The van der Waals surface area contributed by atoms with Crippen LogP contribution in [0.3, 0.4) is 0 Å². The molecular formula is C26H26FNO5. The molecule has 0 aliphatic carbocycles. The Balaban J connectivity index is 1.61. The molecule has 0 fully saturated rings. The maximum absolute atomic E-state index is 13.0. The molecule has 0 bridgehead atoms. The van der Waals surface area contributed by atoms with Crippen molar-refractivity contribution in [2.75, 3.05) is 20.8 Å². The smallest absolute Gasteiger partial charge is 0.306 e. The van der Waals surface area contributed by atoms with Gasteiger partial charge in [0.25, 0.3) is 5.91 Å². The third kappa shape index (κ3) is 7.07. The molecule has 0 saturated heterocycles. The maximum atomic E-state index is 13.0. The predicted octanol–water partition coefficient (Wildman–Crippen LogP) is 4.22. The van der Waals surface area contributed by atoms with Gasteiger partial charge >= 0.3 is 5.97 Å². The molecule has 0 spiro atoms. The molecule has 0 aromatic heterocycles. The minimum atomic E-state index is -0.500. The number of nitrogens with one attached hydrogen (secondary N) is 1. The van der Waals surface area contributed by atoms with E-state index in [0.717, 1.165) is 16.7 Å². The van der Waals surface area contributed by atoms with Crippen LogP contribution in [-0.2, 0) is 20.7 Å². The SMILES string of the molecule is COc1ccc(C(NC(=O)COC(=O)CCc2ccc(F)cc2)c2ccc(OC)cc2)cc1. The van der Waals surface area contributed by atoms with Crippen LogP contribution in [0.5, 0.6) is 11.5 Å². The lowest BCUT2D eigenvalue weighted by Gasteiger charge is -2.20. The maximum Gasteiger partial charge on any atom is 0.306 e. The van der Waals surface area contributed by atoms with Crippen molar-refractivity contribution in [1.29, 1.82) is 0 Å². The third-order valence-corrected chi connectivity index (χ3v) is 5.10. The normalized spacial score (nSPS) is 10.5. The largest absolute Gasteiger partial charge is 0.497 e. The molecule has 1 N–H and O–H groups in total. The van der Waals surface area contributed by atoms with E-state index >= 15 is 0 Å². The summed E-state index contributed by atoms with van der Waals surface area (Å²) in [6.07, 6.45) is 0.500. The Morgan fingerprint density at radius 2 is 1.33 bits per heavy atom. The summed E-state index contributed by atoms with van der Waals surface area (Å²) < 4.78 is 28.5. The Bertz CT molecular complexity index is 1000. The zero-order valence-electron chi connectivity index (χ0n) is 18.5. The summed E-state index contributed by atoms with van der Waals surface area (Å²) >= 11 is 0. The first-order valence-corrected chi connectivity index (χ1v) is 10.5. The predicted molar refractivity (Wildman–Crippen MR) is 122 cm³/mol. The number of hydrogen-bond donors (Lipinski definition) is 1. The van der Waals surface area contributed by atoms with Crippen LogP contribution in [0.2, 0.25) is 0 Å². The Morgan fingerprint density at radius 3 is 1.82 bits per heavy atom. The van der Waals surface area contributed by atoms with E-state index < -0.39 is 24.5 Å². The van der Waals surface area contributed by atoms with E-state index in [1.807, 2.05) is 48.5 Å². The first kappa shape index (κ1) is 23.8. The summed E-state index contributed by atoms with van der Waals surface area (Å²) in [5.74, 6) is 0.144. The number of carbonyl (C=O) groups excluding carboxylic acids is 2. The number of halogens is 1. The van der Waals surface area contributed by atoms with E-state index in [0.29, 0.717) is 17.9 Å². The van der Waals surface area contributed by atoms with Crippen molar-refractivity contribution < 1.29 is 28.2 Å². The van der Waals surface area contributed by atoms with Gasteiger partial charge in [0, 0.05) is 6.42 Å². The van der Waals surface area contributed by atoms with Gasteiger partial charge in [0.05, 0.1) is 20.3 Å². The van der Waals surface area contributed by atoms with Gasteiger partial charge in [-0.3, -0.25) is 9.59 Å². The number of carbonyl (C=O) groups is 2. The summed E-state index contributed by atoms with van der Waals surface area (Å²) in [7, 11) is 3.17. The van der Waals surface area contributed by atoms with E-state index in [-0.39, 0.29) is 12.2 Å². The highest BCUT2D eigenvalue weighted by molar-refractivity contribution is 5.81. The van der Waals surface area contributed by atoms with Crippen LogP contribution in [-0.4, -0.2) is 32.7 Å². The standard InChI is InChI=1S/C26H26FNO5/c1-31-22-12-6-19(7-13-22)26(20-8-14-23(32-2)15-9-20)28-24(29)17-33-25(30)16-5-18-3-10-21(27)11-4-18/h3-4,6-15,26H,5,16-17H2,1-2H3,(H,28,29). The molecule has 0 unspecified atom stereocenters. The molecule has 0 aliphatic heterocycles. The Kier molecular flexibility index (Phi) is 8.41. The first-order chi connectivity index (χ1) is 16.0. The number of esters is 1. The lowest BCUT2D eigenvalue weighted by molar-refractivity contribution is -0.148. The van der Waals surface area contributed by atoms with E-state index in [1.54, 1.807) is 26.4 Å². The van der Waals surface area contributed by atoms with Crippen LogP contribution in [0.1, 0.15) is 29.2 Å². The fraction of sp³-hybridized carbons (Fsp3) is 0.231. The number of amides is 1. The monoisotopic (exact) mass is 451 g/mol. The van der Waals surface area contributed by atoms with Gasteiger partial charge in [0.15, 0.2) is 6.61 Å². The van der Waals surface area contributed by atoms with Crippen molar-refractivity contribution in [3.8, 4) is 11.5 Å². The summed E-state index contributed by atoms with van der Waals surface area (Å²) in [5, 5.41) is 2.92. The van der Waals surface area contributed by atoms with Crippen molar-refractivity contribution in [2.24, 2.45) is 0 Å². The zero-order chi connectivity index (χ0) is 23.6. The number of hydrogen-bond acceptors (Lipinski definition) is 5. The molecule has 1 amide bonds. The lowest BCUT2D eigenvalue weighted by atomic mass is 9.98. The number of methoxy groups -OCH3 is 2. The molecule has 0 heterocycles. The van der Waals surface area contributed by atoms with Gasteiger partial charge in [0.1, 0.15) is 17.3 Å². The molecule has 0 atom stereocenters. The summed E-state index contributed by atoms with van der Waals surface area (Å²) in [6.45, 7) is -0.398. The van der Waals surface area contributed by atoms with Crippen LogP contribution in [0.25, 0.3) is 0 Å². The molecule has 0 saturated carbocycles. The van der Waals surface area contributed by atoms with Gasteiger partial charge < -0.3 is 19.5 Å². The fourth-order valence-corrected chi connectivity index (χ4v) is 3.27. The quantitative estimate of drug-likeness (QED) is 0.467. The summed E-state index contributed by atoms with van der Waals surface area (Å²) in [5.41, 5.74) is 2.51. The minimum Gasteiger partial charge on any atom is -0.497 e. The van der Waals surface area contributed by atoms with Crippen molar-refractivity contribution in [1.82, 2.24) is 5.32 Å². The summed E-state index contributed by atoms with van der Waals surface area (Å²) in [6, 6.07) is 20.2. The van der Waals surface area contributed by atoms with Crippen LogP contribution < -0.4 is 14.8 Å². The van der Waals surface area contributed by atoms with E-state index in [9.17, 15) is 14.0 Å². The van der Waals surface area contributed by atoms with E-state index in [1.165, 1.54) is 12.1 Å². The number of aryl methyl sites for hydroxylation is 1. The molecule has 3 rings (SSSR count). The van der Waals surface area contributed by atoms with Gasteiger partial charge in [-0.05, 0) is 59.5 Å². The molecule has 3 aromatic rings. The molecule has 0 aliphatic rings. The molecule has 7 heteroatoms. The molecule has 3 aromatic carbocycles. The number of rotatable bonds is 10. The average molecular weight is 451 g/mol. The van der Waals surface area contributed by atoms with Gasteiger partial charge in [0.2, 0.25) is 0 Å². The highest BCUT2D eigenvalue weighted by Crippen LogP contribution is 2.26. The van der Waals surface area contributed by atoms with E-state index in [4.69, 9.17) is 14.2 Å². The van der Waals surface area contributed by atoms with Crippen molar-refractivity contribution >= 4 is 11.9 Å². The van der Waals surface area contributed by atoms with Crippen molar-refractivity contribution in [3.63, 3.8) is 0 Å². The molecule has 33 heavy (non-hydrogen) atoms. The topological polar surface area (TPSA) is 73.9 Å². The van der Waals surface area contributed by atoms with E-state index in [2.05, 4.69) is 5.32 Å². The molecular weight excluding hydrogens is 425 g/mol. The highest BCUT2D eigenvalue weighted by Gasteiger charge is 2.18. The fourth-order valence-electron chi connectivity index (χ4n) is 3.27. The number of benzene rings is 3. The molecule has 6 nitrogen and oxygen atoms in total. The third-order valence-electron chi connectivity index (χ3n) is 5.10. The Labute approximate surface area is 192 Å². The average Bonchev–Trinajstić information content (AvgIpc) is 2.86. The van der Waals surface area contributed by atoms with Gasteiger partial charge in [-0.1, -0.05) is 36.4 Å². The number of ether oxygens (including phenoxy) is 3. The second-order valence-corrected chi connectivity index (χ2v) is 7.33. The van der Waals surface area contributed by atoms with Crippen LogP contribution in [0.15, 0.2) is 72.8 Å². The second-order valence-electron chi connectivity index (χ2n) is 7.33.